The molecule has 1 aliphatic heterocycles. The van der Waals surface area contributed by atoms with Crippen LogP contribution >= 0.6 is 0 Å². The molecule has 0 unspecified atom stereocenters. The molecular formula is C25H23N7O4. The molecule has 4 aromatic rings. The van der Waals surface area contributed by atoms with Crippen LogP contribution in [0.4, 0.5) is 23.0 Å². The minimum Gasteiger partial charge on any atom is -0.494 e. The van der Waals surface area contributed by atoms with Crippen molar-refractivity contribution in [3.63, 3.8) is 0 Å². The van der Waals surface area contributed by atoms with Crippen molar-refractivity contribution in [1.29, 1.82) is 0 Å². The van der Waals surface area contributed by atoms with Gasteiger partial charge in [0.1, 0.15) is 17.1 Å². The molecule has 36 heavy (non-hydrogen) atoms. The molecule has 11 heteroatoms. The lowest BCUT2D eigenvalue weighted by molar-refractivity contribution is -0.384. The molecule has 2 aromatic heterocycles. The maximum Gasteiger partial charge on any atom is 0.294 e. The van der Waals surface area contributed by atoms with E-state index in [-0.39, 0.29) is 11.6 Å². The standard InChI is InChI=1S/C25H23N7O4/c1-36-22-14-20(30-11-5-6-12-30)21(32(34)35)13-19(22)27-25-26-10-9-23(28-25)31-15-18(16-33)24(29-31)17-7-3-2-4-8-17/h2-4,7-10,13-16H,5-6,11-12H2,1H3,(H,26,27,28). The SMILES string of the molecule is COc1cc(N2CCCC2)c([N+](=O)[O-])cc1Nc1nccc(-n2cc(C=O)c(-c3ccccc3)n2)n1. The third kappa shape index (κ3) is 4.45. The zero-order valence-corrected chi connectivity index (χ0v) is 19.5. The number of carbonyl (C=O) groups excluding carboxylic acids is 1. The largest absolute Gasteiger partial charge is 0.494 e. The van der Waals surface area contributed by atoms with Crippen LogP contribution in [-0.4, -0.2) is 51.2 Å². The van der Waals surface area contributed by atoms with Crippen LogP contribution in [0.25, 0.3) is 17.1 Å². The van der Waals surface area contributed by atoms with Crippen LogP contribution < -0.4 is 15.0 Å². The van der Waals surface area contributed by atoms with E-state index in [4.69, 9.17) is 4.74 Å². The van der Waals surface area contributed by atoms with Crippen LogP contribution in [-0.2, 0) is 0 Å². The molecule has 2 aromatic carbocycles. The summed E-state index contributed by atoms with van der Waals surface area (Å²) in [6.07, 6.45) is 5.86. The average Bonchev–Trinajstić information content (AvgIpc) is 3.60. The maximum absolute atomic E-state index is 11.8. The van der Waals surface area contributed by atoms with Crippen LogP contribution in [0.15, 0.2) is 60.9 Å². The van der Waals surface area contributed by atoms with E-state index in [1.165, 1.54) is 24.1 Å². The predicted molar refractivity (Wildman–Crippen MR) is 134 cm³/mol. The van der Waals surface area contributed by atoms with Crippen LogP contribution in [0.5, 0.6) is 5.75 Å². The van der Waals surface area contributed by atoms with Gasteiger partial charge in [-0.25, -0.2) is 9.67 Å². The number of nitrogens with zero attached hydrogens (tertiary/aromatic N) is 6. The number of nitrogens with one attached hydrogen (secondary N) is 1. The van der Waals surface area contributed by atoms with Crippen molar-refractivity contribution in [1.82, 2.24) is 19.7 Å². The van der Waals surface area contributed by atoms with Gasteiger partial charge in [-0.3, -0.25) is 14.9 Å². The molecule has 0 atom stereocenters. The van der Waals surface area contributed by atoms with Gasteiger partial charge in [-0.05, 0) is 12.8 Å². The van der Waals surface area contributed by atoms with Gasteiger partial charge in [-0.15, -0.1) is 0 Å². The van der Waals surface area contributed by atoms with Gasteiger partial charge in [-0.2, -0.15) is 10.1 Å². The predicted octanol–water partition coefficient (Wildman–Crippen LogP) is 4.40. The second-order valence-corrected chi connectivity index (χ2v) is 8.22. The Kier molecular flexibility index (Phi) is 6.27. The Labute approximate surface area is 206 Å². The summed E-state index contributed by atoms with van der Waals surface area (Å²) >= 11 is 0. The van der Waals surface area contributed by atoms with Gasteiger partial charge in [0.2, 0.25) is 5.95 Å². The number of aldehydes is 1. The second kappa shape index (κ2) is 9.82. The van der Waals surface area contributed by atoms with Crippen molar-refractivity contribution in [2.75, 3.05) is 30.4 Å². The minimum atomic E-state index is -0.397. The summed E-state index contributed by atoms with van der Waals surface area (Å²) in [5.41, 5.74) is 2.63. The molecule has 0 spiro atoms. The number of nitro groups is 1. The summed E-state index contributed by atoms with van der Waals surface area (Å²) in [4.78, 5) is 33.8. The molecular weight excluding hydrogens is 462 g/mol. The first-order valence-electron chi connectivity index (χ1n) is 11.4. The van der Waals surface area contributed by atoms with Gasteiger partial charge in [-0.1, -0.05) is 30.3 Å². The minimum absolute atomic E-state index is 0.0217. The number of benzene rings is 2. The molecule has 0 saturated carbocycles. The molecule has 1 saturated heterocycles. The number of anilines is 3. The summed E-state index contributed by atoms with van der Waals surface area (Å²) in [7, 11) is 1.51. The highest BCUT2D eigenvalue weighted by Gasteiger charge is 2.25. The van der Waals surface area contributed by atoms with Gasteiger partial charge < -0.3 is 15.0 Å². The van der Waals surface area contributed by atoms with E-state index in [2.05, 4.69) is 20.4 Å². The number of ether oxygens (including phenoxy) is 1. The quantitative estimate of drug-likeness (QED) is 0.219. The zero-order valence-electron chi connectivity index (χ0n) is 19.5. The topological polar surface area (TPSA) is 128 Å². The number of nitro benzene ring substituents is 1. The Morgan fingerprint density at radius 2 is 1.92 bits per heavy atom. The van der Waals surface area contributed by atoms with Crippen molar-refractivity contribution in [3.8, 4) is 22.8 Å². The molecule has 5 rings (SSSR count). The molecule has 182 valence electrons. The first-order chi connectivity index (χ1) is 17.6. The van der Waals surface area contributed by atoms with Crippen molar-refractivity contribution < 1.29 is 14.5 Å². The molecule has 3 heterocycles. The van der Waals surface area contributed by atoms with Gasteiger partial charge in [0.15, 0.2) is 12.1 Å². The Hall–Kier alpha value is -4.80. The molecule has 1 N–H and O–H groups in total. The van der Waals surface area contributed by atoms with Crippen LogP contribution in [0.3, 0.4) is 0 Å². The monoisotopic (exact) mass is 485 g/mol. The normalized spacial score (nSPS) is 13.0. The lowest BCUT2D eigenvalue weighted by atomic mass is 10.1. The van der Waals surface area contributed by atoms with E-state index in [1.807, 2.05) is 35.2 Å². The van der Waals surface area contributed by atoms with Crippen LogP contribution in [0.1, 0.15) is 23.2 Å². The molecule has 0 aliphatic carbocycles. The fourth-order valence-electron chi connectivity index (χ4n) is 4.25. The molecule has 0 bridgehead atoms. The number of hydrogen-bond donors (Lipinski definition) is 1. The van der Waals surface area contributed by atoms with Crippen molar-refractivity contribution in [3.05, 3.63) is 76.6 Å². The molecule has 1 aliphatic rings. The summed E-state index contributed by atoms with van der Waals surface area (Å²) in [6, 6.07) is 14.1. The average molecular weight is 486 g/mol. The summed E-state index contributed by atoms with van der Waals surface area (Å²) in [5, 5.41) is 19.4. The zero-order chi connectivity index (χ0) is 25.1. The maximum atomic E-state index is 11.8. The number of rotatable bonds is 8. The van der Waals surface area contributed by atoms with E-state index >= 15 is 0 Å². The highest BCUT2D eigenvalue weighted by molar-refractivity contribution is 5.85. The number of methoxy groups -OCH3 is 1. The first kappa shape index (κ1) is 23.0. The molecule has 0 radical (unpaired) electrons. The highest BCUT2D eigenvalue weighted by Crippen LogP contribution is 2.40. The van der Waals surface area contributed by atoms with Crippen LogP contribution in [0, 0.1) is 10.1 Å². The van der Waals surface area contributed by atoms with Crippen LogP contribution in [0.2, 0.25) is 0 Å². The highest BCUT2D eigenvalue weighted by atomic mass is 16.6. The third-order valence-electron chi connectivity index (χ3n) is 5.98. The smallest absolute Gasteiger partial charge is 0.294 e. The van der Waals surface area contributed by atoms with Gasteiger partial charge in [0.25, 0.3) is 5.69 Å². The van der Waals surface area contributed by atoms with E-state index in [0.29, 0.717) is 34.2 Å². The first-order valence-corrected chi connectivity index (χ1v) is 11.4. The van der Waals surface area contributed by atoms with E-state index in [1.54, 1.807) is 18.3 Å². The Balaban J connectivity index is 1.49. The molecule has 11 nitrogen and oxygen atoms in total. The lowest BCUT2D eigenvalue weighted by Crippen LogP contribution is -2.19. The number of carbonyl (C=O) groups is 1. The fraction of sp³-hybridized carbons (Fsp3) is 0.200. The summed E-state index contributed by atoms with van der Waals surface area (Å²) < 4.78 is 7.02. The summed E-state index contributed by atoms with van der Waals surface area (Å²) in [5.74, 6) is 1.04. The molecule has 1 fully saturated rings. The Morgan fingerprint density at radius 3 is 2.61 bits per heavy atom. The lowest BCUT2D eigenvalue weighted by Gasteiger charge is -2.20. The Morgan fingerprint density at radius 1 is 1.14 bits per heavy atom. The van der Waals surface area contributed by atoms with Crippen molar-refractivity contribution in [2.45, 2.75) is 12.8 Å². The van der Waals surface area contributed by atoms with Gasteiger partial charge in [0.05, 0.1) is 23.3 Å². The van der Waals surface area contributed by atoms with Crippen molar-refractivity contribution in [2.24, 2.45) is 0 Å². The van der Waals surface area contributed by atoms with Gasteiger partial charge >= 0.3 is 0 Å². The molecule has 0 amide bonds. The number of hydrogen-bond acceptors (Lipinski definition) is 9. The fourth-order valence-corrected chi connectivity index (χ4v) is 4.25. The van der Waals surface area contributed by atoms with E-state index in [0.717, 1.165) is 37.8 Å². The number of aromatic nitrogens is 4. The Bertz CT molecular complexity index is 1420. The van der Waals surface area contributed by atoms with E-state index < -0.39 is 4.92 Å². The third-order valence-corrected chi connectivity index (χ3v) is 5.98. The summed E-state index contributed by atoms with van der Waals surface area (Å²) in [6.45, 7) is 1.53. The van der Waals surface area contributed by atoms with E-state index in [9.17, 15) is 14.9 Å². The van der Waals surface area contributed by atoms with Gasteiger partial charge in [0, 0.05) is 49.2 Å². The second-order valence-electron chi connectivity index (χ2n) is 8.22. The van der Waals surface area contributed by atoms with Crippen molar-refractivity contribution >= 4 is 29.3 Å².